The number of nitro groups is 1. The summed E-state index contributed by atoms with van der Waals surface area (Å²) in [6.45, 7) is 7.25. The van der Waals surface area contributed by atoms with Crippen molar-refractivity contribution in [2.75, 3.05) is 19.6 Å². The molecule has 0 aromatic heterocycles. The molecule has 9 nitrogen and oxygen atoms in total. The minimum atomic E-state index is -3.84. The lowest BCUT2D eigenvalue weighted by Crippen LogP contribution is -2.33. The molecule has 1 amide bonds. The van der Waals surface area contributed by atoms with E-state index in [-0.39, 0.29) is 30.2 Å². The lowest BCUT2D eigenvalue weighted by atomic mass is 10.2. The molecule has 0 aliphatic heterocycles. The first-order valence-corrected chi connectivity index (χ1v) is 10.1. The van der Waals surface area contributed by atoms with Crippen LogP contribution in [0.2, 0.25) is 0 Å². The summed E-state index contributed by atoms with van der Waals surface area (Å²) in [5, 5.41) is 13.2. The van der Waals surface area contributed by atoms with E-state index >= 15 is 0 Å². The van der Waals surface area contributed by atoms with Gasteiger partial charge in [-0.1, -0.05) is 18.8 Å². The van der Waals surface area contributed by atoms with Crippen molar-refractivity contribution in [2.24, 2.45) is 0 Å². The number of ether oxygens (including phenoxy) is 1. The first-order chi connectivity index (χ1) is 13.0. The zero-order valence-corrected chi connectivity index (χ0v) is 17.2. The lowest BCUT2D eigenvalue weighted by Gasteiger charge is -2.19. The van der Waals surface area contributed by atoms with E-state index in [0.29, 0.717) is 6.42 Å². The Morgan fingerprint density at radius 2 is 1.86 bits per heavy atom. The van der Waals surface area contributed by atoms with Crippen molar-refractivity contribution < 1.29 is 22.9 Å². The van der Waals surface area contributed by atoms with Gasteiger partial charge in [-0.2, -0.15) is 4.31 Å². The Labute approximate surface area is 165 Å². The summed E-state index contributed by atoms with van der Waals surface area (Å²) in [5.41, 5.74) is -0.803. The summed E-state index contributed by atoms with van der Waals surface area (Å²) in [6.07, 6.45) is -0.0324. The predicted octanol–water partition coefficient (Wildman–Crippen LogP) is 2.52. The fourth-order valence-electron chi connectivity index (χ4n) is 2.06. The van der Waals surface area contributed by atoms with Gasteiger partial charge in [0.25, 0.3) is 5.69 Å². The summed E-state index contributed by atoms with van der Waals surface area (Å²) in [6, 6.07) is 4.70. The summed E-state index contributed by atoms with van der Waals surface area (Å²) >= 11 is 0. The Morgan fingerprint density at radius 1 is 1.25 bits per heavy atom. The van der Waals surface area contributed by atoms with E-state index in [1.807, 2.05) is 6.92 Å². The van der Waals surface area contributed by atoms with Crippen molar-refractivity contribution in [1.82, 2.24) is 9.62 Å². The number of carbonyl (C=O) groups excluding carboxylic acids is 1. The molecule has 0 aliphatic carbocycles. The minimum absolute atomic E-state index is 0.0203. The summed E-state index contributed by atoms with van der Waals surface area (Å²) in [7, 11) is -3.84. The molecular formula is C18H25N3O6S. The van der Waals surface area contributed by atoms with Gasteiger partial charge in [0, 0.05) is 18.7 Å². The molecule has 0 bridgehead atoms. The number of nitrogens with zero attached hydrogens (tertiary/aromatic N) is 2. The van der Waals surface area contributed by atoms with Gasteiger partial charge in [-0.25, -0.2) is 13.2 Å². The lowest BCUT2D eigenvalue weighted by molar-refractivity contribution is -0.384. The molecule has 0 unspecified atom stereocenters. The average molecular weight is 411 g/mol. The van der Waals surface area contributed by atoms with Gasteiger partial charge in [-0.05, 0) is 39.3 Å². The van der Waals surface area contributed by atoms with Crippen molar-refractivity contribution in [3.8, 4) is 11.8 Å². The normalized spacial score (nSPS) is 11.5. The van der Waals surface area contributed by atoms with E-state index in [9.17, 15) is 23.3 Å². The SMILES string of the molecule is CCCN(CC#CCNC(=O)OC(C)(C)C)S(=O)(=O)c1ccc([N+](=O)[O-])cc1. The van der Waals surface area contributed by atoms with Crippen molar-refractivity contribution in [3.05, 3.63) is 34.4 Å². The maximum Gasteiger partial charge on any atom is 0.408 e. The molecule has 0 atom stereocenters. The maximum atomic E-state index is 12.7. The largest absolute Gasteiger partial charge is 0.444 e. The molecule has 1 rings (SSSR count). The molecule has 28 heavy (non-hydrogen) atoms. The number of hydrogen-bond donors (Lipinski definition) is 1. The van der Waals surface area contributed by atoms with Crippen LogP contribution >= 0.6 is 0 Å². The van der Waals surface area contributed by atoms with Gasteiger partial charge in [0.15, 0.2) is 0 Å². The van der Waals surface area contributed by atoms with Crippen LogP contribution in [0.3, 0.4) is 0 Å². The number of non-ortho nitro benzene ring substituents is 1. The average Bonchev–Trinajstić information content (AvgIpc) is 2.59. The third-order valence-corrected chi connectivity index (χ3v) is 5.12. The van der Waals surface area contributed by atoms with Gasteiger partial charge >= 0.3 is 6.09 Å². The smallest absolute Gasteiger partial charge is 0.408 e. The highest BCUT2D eigenvalue weighted by atomic mass is 32.2. The first-order valence-electron chi connectivity index (χ1n) is 8.64. The van der Waals surface area contributed by atoms with E-state index in [1.54, 1.807) is 20.8 Å². The van der Waals surface area contributed by atoms with Gasteiger partial charge in [0.05, 0.1) is 22.9 Å². The molecule has 0 aliphatic rings. The standard InChI is InChI=1S/C18H25N3O6S/c1-5-13-20(14-7-6-12-19-17(22)27-18(2,3)4)28(25,26)16-10-8-15(9-11-16)21(23)24/h8-11H,5,12-14H2,1-4H3,(H,19,22). The molecule has 0 fully saturated rings. The van der Waals surface area contributed by atoms with Crippen molar-refractivity contribution in [2.45, 2.75) is 44.6 Å². The van der Waals surface area contributed by atoms with Crippen LogP contribution in [0.15, 0.2) is 29.2 Å². The highest BCUT2D eigenvalue weighted by Crippen LogP contribution is 2.19. The summed E-state index contributed by atoms with van der Waals surface area (Å²) in [5.74, 6) is 5.39. The van der Waals surface area contributed by atoms with Crippen LogP contribution in [0.25, 0.3) is 0 Å². The van der Waals surface area contributed by atoms with Gasteiger partial charge in [-0.15, -0.1) is 0 Å². The quantitative estimate of drug-likeness (QED) is 0.418. The van der Waals surface area contributed by atoms with E-state index < -0.39 is 26.6 Å². The molecule has 0 radical (unpaired) electrons. The van der Waals surface area contributed by atoms with E-state index in [0.717, 1.165) is 12.1 Å². The van der Waals surface area contributed by atoms with Gasteiger partial charge in [0.1, 0.15) is 5.60 Å². The second-order valence-corrected chi connectivity index (χ2v) is 8.74. The van der Waals surface area contributed by atoms with Crippen molar-refractivity contribution in [3.63, 3.8) is 0 Å². The van der Waals surface area contributed by atoms with Crippen LogP contribution in [-0.4, -0.2) is 49.0 Å². The third kappa shape index (κ3) is 7.54. The molecule has 0 saturated carbocycles. The molecule has 10 heteroatoms. The number of hydrogen-bond acceptors (Lipinski definition) is 6. The maximum absolute atomic E-state index is 12.7. The van der Waals surface area contributed by atoms with Crippen LogP contribution in [0.4, 0.5) is 10.5 Å². The summed E-state index contributed by atoms with van der Waals surface area (Å²) in [4.78, 5) is 21.6. The number of alkyl carbamates (subject to hydrolysis) is 1. The van der Waals surface area contributed by atoms with Crippen LogP contribution in [0.5, 0.6) is 0 Å². The van der Waals surface area contributed by atoms with E-state index in [2.05, 4.69) is 17.2 Å². The molecule has 0 heterocycles. The molecular weight excluding hydrogens is 386 g/mol. The Bertz CT molecular complexity index is 848. The number of carbonyl (C=O) groups is 1. The molecule has 0 spiro atoms. The Hall–Kier alpha value is -2.64. The zero-order valence-electron chi connectivity index (χ0n) is 16.4. The highest BCUT2D eigenvalue weighted by Gasteiger charge is 2.23. The second-order valence-electron chi connectivity index (χ2n) is 6.80. The van der Waals surface area contributed by atoms with Gasteiger partial charge in [0.2, 0.25) is 10.0 Å². The van der Waals surface area contributed by atoms with Gasteiger partial charge < -0.3 is 10.1 Å². The third-order valence-electron chi connectivity index (χ3n) is 3.26. The van der Waals surface area contributed by atoms with Gasteiger partial charge in [-0.3, -0.25) is 10.1 Å². The first kappa shape index (κ1) is 23.4. The van der Waals surface area contributed by atoms with Crippen LogP contribution < -0.4 is 5.32 Å². The molecule has 1 aromatic rings. The summed E-state index contributed by atoms with van der Waals surface area (Å²) < 4.78 is 31.7. The number of sulfonamides is 1. The number of benzene rings is 1. The molecule has 1 aromatic carbocycles. The van der Waals surface area contributed by atoms with E-state index in [4.69, 9.17) is 4.74 Å². The van der Waals surface area contributed by atoms with Crippen molar-refractivity contribution in [1.29, 1.82) is 0 Å². The topological polar surface area (TPSA) is 119 Å². The molecule has 1 N–H and O–H groups in total. The number of nitrogens with one attached hydrogen (secondary N) is 1. The monoisotopic (exact) mass is 411 g/mol. The number of amides is 1. The van der Waals surface area contributed by atoms with E-state index in [1.165, 1.54) is 16.4 Å². The zero-order chi connectivity index (χ0) is 21.4. The Balaban J connectivity index is 2.77. The minimum Gasteiger partial charge on any atom is -0.444 e. The molecule has 0 saturated heterocycles. The number of rotatable bonds is 7. The fourth-order valence-corrected chi connectivity index (χ4v) is 3.50. The van der Waals surface area contributed by atoms with Crippen LogP contribution in [0, 0.1) is 22.0 Å². The van der Waals surface area contributed by atoms with Crippen LogP contribution in [-0.2, 0) is 14.8 Å². The second kappa shape index (κ2) is 10.1. The number of nitro benzene ring substituents is 1. The van der Waals surface area contributed by atoms with Crippen LogP contribution in [0.1, 0.15) is 34.1 Å². The highest BCUT2D eigenvalue weighted by molar-refractivity contribution is 7.89. The Kier molecular flexibility index (Phi) is 8.40. The molecule has 154 valence electrons. The van der Waals surface area contributed by atoms with Crippen molar-refractivity contribution >= 4 is 21.8 Å². The predicted molar refractivity (Wildman–Crippen MR) is 104 cm³/mol. The Morgan fingerprint density at radius 3 is 2.36 bits per heavy atom. The fraction of sp³-hybridized carbons (Fsp3) is 0.500.